The van der Waals surface area contributed by atoms with Gasteiger partial charge in [0, 0.05) is 25.0 Å². The van der Waals surface area contributed by atoms with E-state index in [1.54, 1.807) is 0 Å². The third kappa shape index (κ3) is 2.97. The maximum absolute atomic E-state index is 11.9. The summed E-state index contributed by atoms with van der Waals surface area (Å²) in [5.74, 6) is -0.0711. The van der Waals surface area contributed by atoms with Gasteiger partial charge >= 0.3 is 0 Å². The molecule has 0 aliphatic carbocycles. The Kier molecular flexibility index (Phi) is 3.94. The monoisotopic (exact) mass is 275 g/mol. The van der Waals surface area contributed by atoms with Gasteiger partial charge < -0.3 is 19.9 Å². The lowest BCUT2D eigenvalue weighted by atomic mass is 10.1. The molecule has 2 aromatic rings. The fourth-order valence-electron chi connectivity index (χ4n) is 2.26. The number of carbonyl (C=O) groups is 1. The number of hydrogen-bond donors (Lipinski definition) is 2. The van der Waals surface area contributed by atoms with Gasteiger partial charge in [0.05, 0.1) is 19.1 Å². The van der Waals surface area contributed by atoms with E-state index in [0.717, 1.165) is 18.5 Å². The minimum atomic E-state index is -0.0711. The van der Waals surface area contributed by atoms with Crippen LogP contribution in [0.1, 0.15) is 5.69 Å². The Labute approximate surface area is 116 Å². The van der Waals surface area contributed by atoms with Gasteiger partial charge in [-0.3, -0.25) is 4.79 Å². The van der Waals surface area contributed by atoms with Crippen molar-refractivity contribution in [2.75, 3.05) is 26.2 Å². The fourth-order valence-corrected chi connectivity index (χ4v) is 2.26. The van der Waals surface area contributed by atoms with Crippen molar-refractivity contribution in [3.8, 4) is 0 Å². The van der Waals surface area contributed by atoms with Crippen molar-refractivity contribution in [1.29, 1.82) is 0 Å². The molecular weight excluding hydrogens is 258 g/mol. The molecular formula is C14H17N3O3. The van der Waals surface area contributed by atoms with Crippen LogP contribution >= 0.6 is 0 Å². The van der Waals surface area contributed by atoms with E-state index >= 15 is 0 Å². The number of aromatic nitrogens is 1. The minimum absolute atomic E-state index is 0.0433. The number of para-hydroxylation sites is 1. The van der Waals surface area contributed by atoms with Crippen LogP contribution in [0.2, 0.25) is 0 Å². The summed E-state index contributed by atoms with van der Waals surface area (Å²) >= 11 is 0. The van der Waals surface area contributed by atoms with Crippen molar-refractivity contribution >= 4 is 16.9 Å². The number of nitrogens with one attached hydrogen (secondary N) is 2. The molecule has 1 aromatic carbocycles. The van der Waals surface area contributed by atoms with Crippen molar-refractivity contribution in [3.63, 3.8) is 0 Å². The number of morpholine rings is 1. The first kappa shape index (κ1) is 13.1. The number of rotatable bonds is 4. The van der Waals surface area contributed by atoms with Crippen molar-refractivity contribution in [2.24, 2.45) is 0 Å². The first-order chi connectivity index (χ1) is 9.83. The predicted molar refractivity (Wildman–Crippen MR) is 73.3 cm³/mol. The zero-order valence-corrected chi connectivity index (χ0v) is 11.1. The predicted octanol–water partition coefficient (Wildman–Crippen LogP) is 0.475. The summed E-state index contributed by atoms with van der Waals surface area (Å²) in [6, 6.07) is 7.53. The molecule has 1 aliphatic rings. The summed E-state index contributed by atoms with van der Waals surface area (Å²) < 4.78 is 10.7. The highest BCUT2D eigenvalue weighted by Gasteiger charge is 2.16. The first-order valence-corrected chi connectivity index (χ1v) is 6.75. The molecule has 1 aromatic heterocycles. The van der Waals surface area contributed by atoms with Crippen LogP contribution in [0.4, 0.5) is 0 Å². The van der Waals surface area contributed by atoms with Crippen LogP contribution in [0.15, 0.2) is 28.8 Å². The average Bonchev–Trinajstić information content (AvgIpc) is 2.90. The second-order valence-electron chi connectivity index (χ2n) is 4.80. The highest BCUT2D eigenvalue weighted by atomic mass is 16.5. The first-order valence-electron chi connectivity index (χ1n) is 6.75. The Balaban J connectivity index is 1.55. The lowest BCUT2D eigenvalue weighted by molar-refractivity contribution is -0.121. The average molecular weight is 275 g/mol. The highest BCUT2D eigenvalue weighted by molar-refractivity contribution is 5.86. The normalized spacial score (nSPS) is 19.1. The van der Waals surface area contributed by atoms with Gasteiger partial charge in [-0.05, 0) is 12.1 Å². The molecule has 106 valence electrons. The van der Waals surface area contributed by atoms with E-state index in [4.69, 9.17) is 9.26 Å². The molecule has 1 fully saturated rings. The quantitative estimate of drug-likeness (QED) is 0.848. The molecule has 6 heteroatoms. The molecule has 0 spiro atoms. The van der Waals surface area contributed by atoms with Crippen molar-refractivity contribution in [3.05, 3.63) is 30.0 Å². The summed E-state index contributed by atoms with van der Waals surface area (Å²) in [5, 5.41) is 10.9. The topological polar surface area (TPSA) is 76.4 Å². The molecule has 1 atom stereocenters. The van der Waals surface area contributed by atoms with E-state index in [-0.39, 0.29) is 18.4 Å². The smallest absolute Gasteiger partial charge is 0.226 e. The lowest BCUT2D eigenvalue weighted by Crippen LogP contribution is -2.45. The van der Waals surface area contributed by atoms with E-state index in [1.807, 2.05) is 24.3 Å². The Morgan fingerprint density at radius 1 is 1.45 bits per heavy atom. The highest BCUT2D eigenvalue weighted by Crippen LogP contribution is 2.17. The molecule has 1 amide bonds. The maximum atomic E-state index is 11.9. The number of fused-ring (bicyclic) bond motifs is 1. The summed E-state index contributed by atoms with van der Waals surface area (Å²) in [7, 11) is 0. The van der Waals surface area contributed by atoms with Crippen molar-refractivity contribution in [2.45, 2.75) is 12.5 Å². The molecule has 0 radical (unpaired) electrons. The fraction of sp³-hybridized carbons (Fsp3) is 0.429. The zero-order chi connectivity index (χ0) is 13.8. The molecule has 6 nitrogen and oxygen atoms in total. The molecule has 0 bridgehead atoms. The largest absolute Gasteiger partial charge is 0.374 e. The molecule has 1 aliphatic heterocycles. The molecule has 20 heavy (non-hydrogen) atoms. The molecule has 0 saturated carbocycles. The Morgan fingerprint density at radius 3 is 3.20 bits per heavy atom. The SMILES string of the molecule is O=C(Cc1noc2ccccc12)NCC1CNCCO1. The molecule has 2 N–H and O–H groups in total. The summed E-state index contributed by atoms with van der Waals surface area (Å²) in [6.07, 6.45) is 0.263. The molecule has 1 unspecified atom stereocenters. The van der Waals surface area contributed by atoms with E-state index in [0.29, 0.717) is 24.4 Å². The van der Waals surface area contributed by atoms with Crippen LogP contribution in [0.25, 0.3) is 11.0 Å². The number of benzene rings is 1. The number of nitrogens with zero attached hydrogens (tertiary/aromatic N) is 1. The Bertz CT molecular complexity index is 590. The van der Waals surface area contributed by atoms with Gasteiger partial charge in [-0.2, -0.15) is 0 Å². The van der Waals surface area contributed by atoms with Gasteiger partial charge in [-0.25, -0.2) is 0 Å². The van der Waals surface area contributed by atoms with Gasteiger partial charge in [0.1, 0.15) is 5.69 Å². The van der Waals surface area contributed by atoms with Crippen LogP contribution in [0.3, 0.4) is 0 Å². The van der Waals surface area contributed by atoms with Crippen LogP contribution in [0.5, 0.6) is 0 Å². The summed E-state index contributed by atoms with van der Waals surface area (Å²) in [6.45, 7) is 2.85. The molecule has 2 heterocycles. The summed E-state index contributed by atoms with van der Waals surface area (Å²) in [5.41, 5.74) is 1.37. The number of carbonyl (C=O) groups excluding carboxylic acids is 1. The van der Waals surface area contributed by atoms with E-state index in [9.17, 15) is 4.79 Å². The van der Waals surface area contributed by atoms with Crippen LogP contribution in [0, 0.1) is 0 Å². The van der Waals surface area contributed by atoms with Gasteiger partial charge in [-0.15, -0.1) is 0 Å². The molecule has 3 rings (SSSR count). The maximum Gasteiger partial charge on any atom is 0.226 e. The standard InChI is InChI=1S/C14H17N3O3/c18-14(16-9-10-8-15-5-6-19-10)7-12-11-3-1-2-4-13(11)20-17-12/h1-4,10,15H,5-9H2,(H,16,18). The Morgan fingerprint density at radius 2 is 2.35 bits per heavy atom. The van der Waals surface area contributed by atoms with Crippen LogP contribution < -0.4 is 10.6 Å². The second-order valence-corrected chi connectivity index (χ2v) is 4.80. The third-order valence-electron chi connectivity index (χ3n) is 3.31. The summed E-state index contributed by atoms with van der Waals surface area (Å²) in [4.78, 5) is 11.9. The number of amides is 1. The van der Waals surface area contributed by atoms with Crippen molar-refractivity contribution < 1.29 is 14.1 Å². The third-order valence-corrected chi connectivity index (χ3v) is 3.31. The number of hydrogen-bond acceptors (Lipinski definition) is 5. The lowest BCUT2D eigenvalue weighted by Gasteiger charge is -2.23. The second kappa shape index (κ2) is 6.02. The van der Waals surface area contributed by atoms with Gasteiger partial charge in [0.15, 0.2) is 5.58 Å². The van der Waals surface area contributed by atoms with E-state index in [1.165, 1.54) is 0 Å². The van der Waals surface area contributed by atoms with Gasteiger partial charge in [0.25, 0.3) is 0 Å². The molecule has 1 saturated heterocycles. The van der Waals surface area contributed by atoms with E-state index in [2.05, 4.69) is 15.8 Å². The van der Waals surface area contributed by atoms with Crippen LogP contribution in [-0.2, 0) is 16.0 Å². The number of ether oxygens (including phenoxy) is 1. The van der Waals surface area contributed by atoms with Crippen molar-refractivity contribution in [1.82, 2.24) is 15.8 Å². The minimum Gasteiger partial charge on any atom is -0.374 e. The van der Waals surface area contributed by atoms with Gasteiger partial charge in [-0.1, -0.05) is 17.3 Å². The zero-order valence-electron chi connectivity index (χ0n) is 11.1. The van der Waals surface area contributed by atoms with Crippen LogP contribution in [-0.4, -0.2) is 43.4 Å². The van der Waals surface area contributed by atoms with E-state index < -0.39 is 0 Å². The Hall–Kier alpha value is -1.92. The van der Waals surface area contributed by atoms with Gasteiger partial charge in [0.2, 0.25) is 5.91 Å².